The van der Waals surface area contributed by atoms with Crippen LogP contribution in [0.2, 0.25) is 0 Å². The third-order valence-corrected chi connectivity index (χ3v) is 6.19. The molecule has 0 saturated carbocycles. The zero-order valence-corrected chi connectivity index (χ0v) is 19.2. The van der Waals surface area contributed by atoms with Gasteiger partial charge in [-0.3, -0.25) is 14.7 Å². The minimum Gasteiger partial charge on any atom is -0.489 e. The van der Waals surface area contributed by atoms with Gasteiger partial charge in [0.2, 0.25) is 5.91 Å². The van der Waals surface area contributed by atoms with Gasteiger partial charge in [0.1, 0.15) is 23.6 Å². The topological polar surface area (TPSA) is 45.7 Å². The predicted octanol–water partition coefficient (Wildman–Crippen LogP) is 4.42. The number of piperidine rings is 1. The molecule has 0 spiro atoms. The summed E-state index contributed by atoms with van der Waals surface area (Å²) < 4.78 is 19.6. The Morgan fingerprint density at radius 2 is 1.94 bits per heavy atom. The minimum absolute atomic E-state index is 0.0848. The van der Waals surface area contributed by atoms with Crippen LogP contribution in [0.3, 0.4) is 0 Å². The maximum Gasteiger partial charge on any atom is 0.235 e. The van der Waals surface area contributed by atoms with Gasteiger partial charge in [-0.25, -0.2) is 4.39 Å². The van der Waals surface area contributed by atoms with Crippen molar-refractivity contribution in [2.45, 2.75) is 31.4 Å². The van der Waals surface area contributed by atoms with Crippen molar-refractivity contribution in [3.8, 4) is 5.75 Å². The highest BCUT2D eigenvalue weighted by Crippen LogP contribution is 2.36. The first-order valence-corrected chi connectivity index (χ1v) is 11.3. The summed E-state index contributed by atoms with van der Waals surface area (Å²) in [5.41, 5.74) is 1.99. The maximum absolute atomic E-state index is 13.5. The van der Waals surface area contributed by atoms with E-state index in [1.165, 1.54) is 12.1 Å². The SMILES string of the molecule is CN(C)C(=O)C1(c2ccccn2)CCCN(Cc2ccccc2OCc2cccc(F)c2)C1. The van der Waals surface area contributed by atoms with Crippen LogP contribution in [0.1, 0.15) is 29.7 Å². The number of halogens is 1. The Hall–Kier alpha value is -3.25. The van der Waals surface area contributed by atoms with E-state index >= 15 is 0 Å². The molecule has 172 valence electrons. The Balaban J connectivity index is 1.54. The highest BCUT2D eigenvalue weighted by molar-refractivity contribution is 5.88. The lowest BCUT2D eigenvalue weighted by molar-refractivity contribution is -0.137. The summed E-state index contributed by atoms with van der Waals surface area (Å²) in [5.74, 6) is 0.588. The number of likely N-dealkylation sites (N-methyl/N-ethyl adjacent to an activating group) is 1. The first-order valence-electron chi connectivity index (χ1n) is 11.3. The third-order valence-electron chi connectivity index (χ3n) is 6.19. The van der Waals surface area contributed by atoms with Crippen LogP contribution in [0.5, 0.6) is 5.75 Å². The minimum atomic E-state index is -0.666. The summed E-state index contributed by atoms with van der Waals surface area (Å²) in [6, 6.07) is 20.2. The molecule has 1 aliphatic heterocycles. The van der Waals surface area contributed by atoms with E-state index in [1.54, 1.807) is 17.2 Å². The van der Waals surface area contributed by atoms with Gasteiger partial charge in [0, 0.05) is 38.9 Å². The number of likely N-dealkylation sites (tertiary alicyclic amines) is 1. The summed E-state index contributed by atoms with van der Waals surface area (Å²) in [5, 5.41) is 0. The Bertz CT molecular complexity index is 1090. The van der Waals surface area contributed by atoms with E-state index < -0.39 is 5.41 Å². The van der Waals surface area contributed by atoms with Gasteiger partial charge in [-0.2, -0.15) is 0 Å². The van der Waals surface area contributed by atoms with Crippen LogP contribution < -0.4 is 4.74 Å². The first kappa shape index (κ1) is 22.9. The summed E-state index contributed by atoms with van der Waals surface area (Å²) in [6.45, 7) is 2.45. The van der Waals surface area contributed by atoms with Crippen LogP contribution in [0, 0.1) is 5.82 Å². The highest BCUT2D eigenvalue weighted by Gasteiger charge is 2.45. The number of carbonyl (C=O) groups excluding carboxylic acids is 1. The fourth-order valence-corrected chi connectivity index (χ4v) is 4.65. The zero-order valence-electron chi connectivity index (χ0n) is 19.2. The molecule has 1 saturated heterocycles. The van der Waals surface area contributed by atoms with Crippen molar-refractivity contribution in [1.29, 1.82) is 0 Å². The molecule has 2 heterocycles. The van der Waals surface area contributed by atoms with Gasteiger partial charge in [0.15, 0.2) is 0 Å². The lowest BCUT2D eigenvalue weighted by atomic mass is 9.75. The second-order valence-electron chi connectivity index (χ2n) is 8.84. The van der Waals surface area contributed by atoms with Gasteiger partial charge in [-0.05, 0) is 55.3 Å². The Labute approximate surface area is 194 Å². The number of amides is 1. The number of aromatic nitrogens is 1. The molecule has 0 bridgehead atoms. The Morgan fingerprint density at radius 3 is 2.70 bits per heavy atom. The van der Waals surface area contributed by atoms with Gasteiger partial charge in [-0.15, -0.1) is 0 Å². The van der Waals surface area contributed by atoms with Gasteiger partial charge >= 0.3 is 0 Å². The Morgan fingerprint density at radius 1 is 1.12 bits per heavy atom. The van der Waals surface area contributed by atoms with E-state index in [0.29, 0.717) is 19.7 Å². The summed E-state index contributed by atoms with van der Waals surface area (Å²) in [4.78, 5) is 21.9. The van der Waals surface area contributed by atoms with Crippen LogP contribution in [0.15, 0.2) is 72.9 Å². The van der Waals surface area contributed by atoms with Crippen LogP contribution in [-0.4, -0.2) is 47.9 Å². The first-order chi connectivity index (χ1) is 16.0. The van der Waals surface area contributed by atoms with Crippen LogP contribution in [0.4, 0.5) is 4.39 Å². The number of pyridine rings is 1. The summed E-state index contributed by atoms with van der Waals surface area (Å²) >= 11 is 0. The number of carbonyl (C=O) groups is 1. The molecule has 5 nitrogen and oxygen atoms in total. The fraction of sp³-hybridized carbons (Fsp3) is 0.333. The molecule has 1 amide bonds. The van der Waals surface area contributed by atoms with E-state index in [4.69, 9.17) is 4.74 Å². The number of para-hydroxylation sites is 1. The smallest absolute Gasteiger partial charge is 0.235 e. The van der Waals surface area contributed by atoms with Crippen LogP contribution >= 0.6 is 0 Å². The molecule has 1 aliphatic rings. The summed E-state index contributed by atoms with van der Waals surface area (Å²) in [6.07, 6.45) is 3.44. The number of ether oxygens (including phenoxy) is 1. The predicted molar refractivity (Wildman–Crippen MR) is 126 cm³/mol. The molecular formula is C27H30FN3O2. The van der Waals surface area contributed by atoms with E-state index in [0.717, 1.165) is 42.0 Å². The van der Waals surface area contributed by atoms with Crippen molar-refractivity contribution in [3.63, 3.8) is 0 Å². The molecule has 1 aromatic heterocycles. The highest BCUT2D eigenvalue weighted by atomic mass is 19.1. The van der Waals surface area contributed by atoms with E-state index in [1.807, 2.05) is 62.6 Å². The third kappa shape index (κ3) is 5.22. The lowest BCUT2D eigenvalue weighted by Gasteiger charge is -2.42. The number of rotatable bonds is 7. The van der Waals surface area contributed by atoms with Crippen molar-refractivity contribution < 1.29 is 13.9 Å². The van der Waals surface area contributed by atoms with Gasteiger partial charge in [0.25, 0.3) is 0 Å². The van der Waals surface area contributed by atoms with Gasteiger partial charge in [-0.1, -0.05) is 36.4 Å². The van der Waals surface area contributed by atoms with Gasteiger partial charge in [0.05, 0.1) is 5.69 Å². The molecular weight excluding hydrogens is 417 g/mol. The van der Waals surface area contributed by atoms with Crippen molar-refractivity contribution >= 4 is 5.91 Å². The molecule has 0 aliphatic carbocycles. The van der Waals surface area contributed by atoms with E-state index in [2.05, 4.69) is 9.88 Å². The fourth-order valence-electron chi connectivity index (χ4n) is 4.65. The number of hydrogen-bond donors (Lipinski definition) is 0. The van der Waals surface area contributed by atoms with Crippen LogP contribution in [0.25, 0.3) is 0 Å². The van der Waals surface area contributed by atoms with Crippen molar-refractivity contribution in [1.82, 2.24) is 14.8 Å². The molecule has 0 radical (unpaired) electrons. The Kier molecular flexibility index (Phi) is 7.04. The largest absolute Gasteiger partial charge is 0.489 e. The molecule has 3 aromatic rings. The average molecular weight is 448 g/mol. The number of nitrogens with zero attached hydrogens (tertiary/aromatic N) is 3. The lowest BCUT2D eigenvalue weighted by Crippen LogP contribution is -2.54. The molecule has 4 rings (SSSR count). The molecule has 1 atom stereocenters. The quantitative estimate of drug-likeness (QED) is 0.538. The molecule has 0 N–H and O–H groups in total. The van der Waals surface area contributed by atoms with Crippen LogP contribution in [-0.2, 0) is 23.4 Å². The van der Waals surface area contributed by atoms with E-state index in [-0.39, 0.29) is 11.7 Å². The van der Waals surface area contributed by atoms with Crippen molar-refractivity contribution in [2.75, 3.05) is 27.2 Å². The van der Waals surface area contributed by atoms with Gasteiger partial charge < -0.3 is 9.64 Å². The number of hydrogen-bond acceptors (Lipinski definition) is 4. The maximum atomic E-state index is 13.5. The average Bonchev–Trinajstić information content (AvgIpc) is 2.83. The standard InChI is InChI=1S/C27H30FN3O2/c1-30(2)26(32)27(25-13-5-6-15-29-25)14-8-16-31(20-27)18-22-10-3-4-12-24(22)33-19-21-9-7-11-23(28)17-21/h3-7,9-13,15,17H,8,14,16,18-20H2,1-2H3. The molecule has 1 fully saturated rings. The van der Waals surface area contributed by atoms with E-state index in [9.17, 15) is 9.18 Å². The van der Waals surface area contributed by atoms with Crippen molar-refractivity contribution in [2.24, 2.45) is 0 Å². The molecule has 1 unspecified atom stereocenters. The number of benzene rings is 2. The van der Waals surface area contributed by atoms with Crippen molar-refractivity contribution in [3.05, 3.63) is 95.6 Å². The second-order valence-corrected chi connectivity index (χ2v) is 8.84. The molecule has 33 heavy (non-hydrogen) atoms. The normalized spacial score (nSPS) is 18.6. The second kappa shape index (κ2) is 10.1. The molecule has 6 heteroatoms. The summed E-state index contributed by atoms with van der Waals surface area (Å²) in [7, 11) is 3.61. The zero-order chi connectivity index (χ0) is 23.3. The molecule has 2 aromatic carbocycles. The monoisotopic (exact) mass is 447 g/mol.